The van der Waals surface area contributed by atoms with Crippen molar-refractivity contribution in [1.82, 2.24) is 0 Å². The smallest absolute Gasteiger partial charge is 0.323 e. The Bertz CT molecular complexity index is 492. The second-order valence-corrected chi connectivity index (χ2v) is 6.36. The number of aryl methyl sites for hydroxylation is 2. The summed E-state index contributed by atoms with van der Waals surface area (Å²) >= 11 is 0. The van der Waals surface area contributed by atoms with Crippen LogP contribution >= 0.6 is 0 Å². The zero-order valence-electron chi connectivity index (χ0n) is 13.3. The lowest BCUT2D eigenvalue weighted by molar-refractivity contribution is -0.143. The van der Waals surface area contributed by atoms with Gasteiger partial charge < -0.3 is 10.8 Å². The van der Waals surface area contributed by atoms with Crippen LogP contribution in [0.5, 0.6) is 0 Å². The third-order valence-corrected chi connectivity index (χ3v) is 4.34. The van der Waals surface area contributed by atoms with Crippen LogP contribution in [0.3, 0.4) is 0 Å². The van der Waals surface area contributed by atoms with Crippen LogP contribution in [-0.2, 0) is 11.2 Å². The van der Waals surface area contributed by atoms with Gasteiger partial charge in [-0.15, -0.1) is 0 Å². The number of benzene rings is 1. The Morgan fingerprint density at radius 1 is 1.30 bits per heavy atom. The SMILES string of the molecule is Cc1ccc(CCC(C)CC(C)(N)C(=O)O)c(C)c1C. The molecular formula is C17H27NO2. The van der Waals surface area contributed by atoms with Crippen molar-refractivity contribution >= 4 is 5.97 Å². The molecule has 1 aromatic carbocycles. The fourth-order valence-corrected chi connectivity index (χ4v) is 2.60. The van der Waals surface area contributed by atoms with Gasteiger partial charge in [-0.1, -0.05) is 19.1 Å². The standard InChI is InChI=1S/C17H27NO2/c1-11(10-17(5,18)16(19)20)6-8-15-9-7-12(2)13(3)14(15)4/h7,9,11H,6,8,10,18H2,1-5H3,(H,19,20). The summed E-state index contributed by atoms with van der Waals surface area (Å²) in [7, 11) is 0. The van der Waals surface area contributed by atoms with Crippen molar-refractivity contribution in [2.24, 2.45) is 11.7 Å². The largest absolute Gasteiger partial charge is 0.480 e. The first-order valence-corrected chi connectivity index (χ1v) is 7.23. The zero-order chi connectivity index (χ0) is 15.5. The summed E-state index contributed by atoms with van der Waals surface area (Å²) in [6, 6.07) is 4.34. The van der Waals surface area contributed by atoms with Gasteiger partial charge in [-0.3, -0.25) is 4.79 Å². The number of hydrogen-bond donors (Lipinski definition) is 2. The molecule has 3 N–H and O–H groups in total. The highest BCUT2D eigenvalue weighted by atomic mass is 16.4. The third-order valence-electron chi connectivity index (χ3n) is 4.34. The first-order chi connectivity index (χ1) is 9.15. The summed E-state index contributed by atoms with van der Waals surface area (Å²) < 4.78 is 0. The van der Waals surface area contributed by atoms with Crippen molar-refractivity contribution in [3.05, 3.63) is 34.4 Å². The molecule has 1 rings (SSSR count). The Morgan fingerprint density at radius 3 is 2.45 bits per heavy atom. The van der Waals surface area contributed by atoms with E-state index in [4.69, 9.17) is 10.8 Å². The molecule has 2 atom stereocenters. The number of rotatable bonds is 6. The lowest BCUT2D eigenvalue weighted by Gasteiger charge is -2.23. The Balaban J connectivity index is 2.64. The predicted octanol–water partition coefficient (Wildman–Crippen LogP) is 3.37. The van der Waals surface area contributed by atoms with Crippen LogP contribution in [0.15, 0.2) is 12.1 Å². The lowest BCUT2D eigenvalue weighted by atomic mass is 9.86. The minimum atomic E-state index is -1.13. The number of aliphatic carboxylic acids is 1. The average Bonchev–Trinajstić information content (AvgIpc) is 2.34. The number of nitrogens with two attached hydrogens (primary N) is 1. The predicted molar refractivity (Wildman–Crippen MR) is 83.0 cm³/mol. The molecule has 112 valence electrons. The minimum absolute atomic E-state index is 0.294. The fraction of sp³-hybridized carbons (Fsp3) is 0.588. The highest BCUT2D eigenvalue weighted by Gasteiger charge is 2.29. The molecule has 0 fully saturated rings. The van der Waals surface area contributed by atoms with Crippen molar-refractivity contribution < 1.29 is 9.90 Å². The van der Waals surface area contributed by atoms with Gasteiger partial charge in [0.2, 0.25) is 0 Å². The zero-order valence-corrected chi connectivity index (χ0v) is 13.3. The van der Waals surface area contributed by atoms with Crippen LogP contribution < -0.4 is 5.73 Å². The van der Waals surface area contributed by atoms with Gasteiger partial charge in [-0.25, -0.2) is 0 Å². The Morgan fingerprint density at radius 2 is 1.90 bits per heavy atom. The van der Waals surface area contributed by atoms with Crippen LogP contribution in [0, 0.1) is 26.7 Å². The molecule has 0 aromatic heterocycles. The first kappa shape index (κ1) is 16.7. The highest BCUT2D eigenvalue weighted by molar-refractivity contribution is 5.77. The lowest BCUT2D eigenvalue weighted by Crippen LogP contribution is -2.46. The van der Waals surface area contributed by atoms with Gasteiger partial charge in [0.25, 0.3) is 0 Å². The molecule has 3 nitrogen and oxygen atoms in total. The van der Waals surface area contributed by atoms with Crippen molar-refractivity contribution in [2.45, 2.75) is 59.4 Å². The van der Waals surface area contributed by atoms with Crippen LogP contribution in [0.2, 0.25) is 0 Å². The summed E-state index contributed by atoms with van der Waals surface area (Å²) in [5, 5.41) is 9.06. The Kier molecular flexibility index (Phi) is 5.35. The summed E-state index contributed by atoms with van der Waals surface area (Å²) in [4.78, 5) is 11.0. The van der Waals surface area contributed by atoms with E-state index in [0.29, 0.717) is 12.3 Å². The van der Waals surface area contributed by atoms with E-state index in [9.17, 15) is 4.79 Å². The van der Waals surface area contributed by atoms with Crippen molar-refractivity contribution in [2.75, 3.05) is 0 Å². The van der Waals surface area contributed by atoms with Gasteiger partial charge in [0.1, 0.15) is 5.54 Å². The molecule has 2 unspecified atom stereocenters. The fourth-order valence-electron chi connectivity index (χ4n) is 2.60. The molecule has 0 spiro atoms. The van der Waals surface area contributed by atoms with Crippen LogP contribution in [0.4, 0.5) is 0 Å². The third kappa shape index (κ3) is 4.07. The number of carboxylic acid groups (broad SMARTS) is 1. The van der Waals surface area contributed by atoms with E-state index in [2.05, 4.69) is 39.8 Å². The molecular weight excluding hydrogens is 250 g/mol. The molecule has 1 aromatic rings. The van der Waals surface area contributed by atoms with E-state index >= 15 is 0 Å². The molecule has 3 heteroatoms. The summed E-state index contributed by atoms with van der Waals surface area (Å²) in [6.45, 7) is 10.1. The molecule has 0 aliphatic carbocycles. The summed E-state index contributed by atoms with van der Waals surface area (Å²) in [5.41, 5.74) is 10.1. The molecule has 0 bridgehead atoms. The Labute approximate surface area is 122 Å². The van der Waals surface area contributed by atoms with Gasteiger partial charge in [0.15, 0.2) is 0 Å². The van der Waals surface area contributed by atoms with E-state index < -0.39 is 11.5 Å². The highest BCUT2D eigenvalue weighted by Crippen LogP contribution is 2.23. The molecule has 0 heterocycles. The van der Waals surface area contributed by atoms with Crippen LogP contribution in [0.25, 0.3) is 0 Å². The van der Waals surface area contributed by atoms with Crippen molar-refractivity contribution in [1.29, 1.82) is 0 Å². The van der Waals surface area contributed by atoms with Crippen LogP contribution in [-0.4, -0.2) is 16.6 Å². The Hall–Kier alpha value is -1.35. The van der Waals surface area contributed by atoms with Gasteiger partial charge in [-0.05, 0) is 75.1 Å². The second-order valence-electron chi connectivity index (χ2n) is 6.36. The quantitative estimate of drug-likeness (QED) is 0.838. The minimum Gasteiger partial charge on any atom is -0.480 e. The first-order valence-electron chi connectivity index (χ1n) is 7.23. The molecule has 0 amide bonds. The molecule has 20 heavy (non-hydrogen) atoms. The maximum atomic E-state index is 11.0. The van der Waals surface area contributed by atoms with Gasteiger partial charge >= 0.3 is 5.97 Å². The van der Waals surface area contributed by atoms with Crippen molar-refractivity contribution in [3.8, 4) is 0 Å². The summed E-state index contributed by atoms with van der Waals surface area (Å²) in [6.07, 6.45) is 2.44. The van der Waals surface area contributed by atoms with Crippen LogP contribution in [0.1, 0.15) is 48.9 Å². The normalized spacial score (nSPS) is 15.7. The van der Waals surface area contributed by atoms with E-state index in [1.807, 2.05) is 0 Å². The molecule has 0 saturated carbocycles. The molecule has 0 radical (unpaired) electrons. The molecule has 0 aliphatic heterocycles. The summed E-state index contributed by atoms with van der Waals surface area (Å²) in [5.74, 6) is -0.631. The van der Waals surface area contributed by atoms with Gasteiger partial charge in [-0.2, -0.15) is 0 Å². The van der Waals surface area contributed by atoms with Gasteiger partial charge in [0.05, 0.1) is 0 Å². The van der Waals surface area contributed by atoms with E-state index in [1.165, 1.54) is 22.3 Å². The topological polar surface area (TPSA) is 63.3 Å². The monoisotopic (exact) mass is 277 g/mol. The van der Waals surface area contributed by atoms with Gasteiger partial charge in [0, 0.05) is 0 Å². The van der Waals surface area contributed by atoms with E-state index in [-0.39, 0.29) is 0 Å². The number of hydrogen-bond acceptors (Lipinski definition) is 2. The maximum Gasteiger partial charge on any atom is 0.323 e. The number of carboxylic acids is 1. The molecule has 0 saturated heterocycles. The average molecular weight is 277 g/mol. The van der Waals surface area contributed by atoms with Crippen molar-refractivity contribution in [3.63, 3.8) is 0 Å². The van der Waals surface area contributed by atoms with E-state index in [0.717, 1.165) is 12.8 Å². The molecule has 0 aliphatic rings. The second kappa shape index (κ2) is 6.40. The number of carbonyl (C=O) groups is 1. The maximum absolute atomic E-state index is 11.0. The van der Waals surface area contributed by atoms with E-state index in [1.54, 1.807) is 6.92 Å².